The maximum atomic E-state index is 3.77. The fourth-order valence-corrected chi connectivity index (χ4v) is 3.24. The van der Waals surface area contributed by atoms with Crippen LogP contribution >= 0.6 is 11.8 Å². The molecule has 18 heavy (non-hydrogen) atoms. The zero-order chi connectivity index (χ0) is 13.6. The van der Waals surface area contributed by atoms with Crippen LogP contribution in [0.1, 0.15) is 53.9 Å². The molecule has 1 aliphatic rings. The quantitative estimate of drug-likeness (QED) is 0.715. The molecule has 0 amide bonds. The summed E-state index contributed by atoms with van der Waals surface area (Å²) in [6, 6.07) is 0. The summed E-state index contributed by atoms with van der Waals surface area (Å²) in [4.78, 5) is 2.74. The molecule has 1 fully saturated rings. The lowest BCUT2D eigenvalue weighted by atomic mass is 9.85. The fourth-order valence-electron chi connectivity index (χ4n) is 2.62. The summed E-state index contributed by atoms with van der Waals surface area (Å²) < 4.78 is 0. The number of thioether (sulfide) groups is 1. The fraction of sp³-hybridized carbons (Fsp3) is 1.00. The van der Waals surface area contributed by atoms with E-state index in [2.05, 4.69) is 56.6 Å². The Morgan fingerprint density at radius 1 is 1.17 bits per heavy atom. The van der Waals surface area contributed by atoms with Crippen molar-refractivity contribution in [3.63, 3.8) is 0 Å². The summed E-state index contributed by atoms with van der Waals surface area (Å²) in [6.07, 6.45) is 3.78. The average molecular weight is 273 g/mol. The van der Waals surface area contributed by atoms with Crippen LogP contribution in [0.5, 0.6) is 0 Å². The predicted octanol–water partition coefficient (Wildman–Crippen LogP) is 3.37. The van der Waals surface area contributed by atoms with Gasteiger partial charge in [0, 0.05) is 24.2 Å². The number of rotatable bonds is 7. The zero-order valence-electron chi connectivity index (χ0n) is 13.0. The van der Waals surface area contributed by atoms with Gasteiger partial charge in [-0.15, -0.1) is 0 Å². The van der Waals surface area contributed by atoms with Gasteiger partial charge in [0.2, 0.25) is 0 Å². The molecular weight excluding hydrogens is 240 g/mol. The number of nitrogens with one attached hydrogen (secondary N) is 1. The Balaban J connectivity index is 2.56. The minimum absolute atomic E-state index is 0.312. The Morgan fingerprint density at radius 3 is 2.44 bits per heavy atom. The van der Waals surface area contributed by atoms with Crippen LogP contribution < -0.4 is 5.32 Å². The maximum Gasteiger partial charge on any atom is 0.0304 e. The summed E-state index contributed by atoms with van der Waals surface area (Å²) in [6.45, 7) is 15.3. The summed E-state index contributed by atoms with van der Waals surface area (Å²) in [5.74, 6) is 2.56. The lowest BCUT2D eigenvalue weighted by Crippen LogP contribution is -2.67. The Bertz CT molecular complexity index is 247. The van der Waals surface area contributed by atoms with Crippen LogP contribution in [-0.2, 0) is 0 Å². The Morgan fingerprint density at radius 2 is 1.89 bits per heavy atom. The van der Waals surface area contributed by atoms with Crippen molar-refractivity contribution in [3.05, 3.63) is 0 Å². The van der Waals surface area contributed by atoms with Crippen LogP contribution in [0.4, 0.5) is 0 Å². The second kappa shape index (κ2) is 7.16. The molecule has 1 aliphatic heterocycles. The highest BCUT2D eigenvalue weighted by molar-refractivity contribution is 7.99. The summed E-state index contributed by atoms with van der Waals surface area (Å²) in [5.41, 5.74) is 0.665. The molecular formula is C15H32N2S. The van der Waals surface area contributed by atoms with Gasteiger partial charge in [0.05, 0.1) is 0 Å². The molecule has 2 nitrogen and oxygen atoms in total. The number of hydrogen-bond donors (Lipinski definition) is 1. The van der Waals surface area contributed by atoms with E-state index >= 15 is 0 Å². The van der Waals surface area contributed by atoms with Gasteiger partial charge < -0.3 is 5.32 Å². The highest BCUT2D eigenvalue weighted by Gasteiger charge is 2.40. The lowest BCUT2D eigenvalue weighted by Gasteiger charge is -2.52. The van der Waals surface area contributed by atoms with Gasteiger partial charge in [0.15, 0.2) is 0 Å². The SMILES string of the molecule is CCSCCCN1CC(C)(CC)NCC1(C)CC. The third-order valence-electron chi connectivity index (χ3n) is 4.66. The van der Waals surface area contributed by atoms with Crippen molar-refractivity contribution < 1.29 is 0 Å². The molecule has 1 saturated heterocycles. The van der Waals surface area contributed by atoms with E-state index in [-0.39, 0.29) is 0 Å². The summed E-state index contributed by atoms with van der Waals surface area (Å²) in [5, 5.41) is 3.77. The third kappa shape index (κ3) is 4.14. The van der Waals surface area contributed by atoms with E-state index in [4.69, 9.17) is 0 Å². The summed E-state index contributed by atoms with van der Waals surface area (Å²) in [7, 11) is 0. The van der Waals surface area contributed by atoms with Crippen LogP contribution in [0, 0.1) is 0 Å². The molecule has 0 bridgehead atoms. The normalized spacial score (nSPS) is 33.8. The molecule has 1 heterocycles. The van der Waals surface area contributed by atoms with E-state index in [9.17, 15) is 0 Å². The standard InChI is InChI=1S/C15H32N2S/c1-6-14(4)13-17(10-9-11-18-8-3)15(5,7-2)12-16-14/h16H,6-13H2,1-5H3. The number of piperazine rings is 1. The smallest absolute Gasteiger partial charge is 0.0304 e. The Kier molecular flexibility index (Phi) is 6.49. The van der Waals surface area contributed by atoms with Crippen molar-refractivity contribution in [1.29, 1.82) is 0 Å². The van der Waals surface area contributed by atoms with Crippen molar-refractivity contribution in [1.82, 2.24) is 10.2 Å². The van der Waals surface area contributed by atoms with Crippen LogP contribution in [0.15, 0.2) is 0 Å². The molecule has 0 aromatic rings. The van der Waals surface area contributed by atoms with Crippen LogP contribution in [-0.4, -0.2) is 47.1 Å². The van der Waals surface area contributed by atoms with Crippen LogP contribution in [0.25, 0.3) is 0 Å². The van der Waals surface area contributed by atoms with Crippen LogP contribution in [0.3, 0.4) is 0 Å². The first-order chi connectivity index (χ1) is 8.49. The second-order valence-electron chi connectivity index (χ2n) is 6.09. The van der Waals surface area contributed by atoms with Gasteiger partial charge >= 0.3 is 0 Å². The Labute approximate surface area is 118 Å². The van der Waals surface area contributed by atoms with Gasteiger partial charge in [-0.25, -0.2) is 0 Å². The van der Waals surface area contributed by atoms with Gasteiger partial charge in [-0.2, -0.15) is 11.8 Å². The van der Waals surface area contributed by atoms with Gasteiger partial charge in [-0.1, -0.05) is 20.8 Å². The van der Waals surface area contributed by atoms with Crippen molar-refractivity contribution >= 4 is 11.8 Å². The number of nitrogens with zero attached hydrogens (tertiary/aromatic N) is 1. The van der Waals surface area contributed by atoms with Crippen molar-refractivity contribution in [2.24, 2.45) is 0 Å². The highest BCUT2D eigenvalue weighted by Crippen LogP contribution is 2.28. The maximum absolute atomic E-state index is 3.77. The Hall–Kier alpha value is 0.270. The largest absolute Gasteiger partial charge is 0.308 e. The minimum Gasteiger partial charge on any atom is -0.308 e. The lowest BCUT2D eigenvalue weighted by molar-refractivity contribution is 0.0174. The minimum atomic E-state index is 0.312. The molecule has 1 N–H and O–H groups in total. The molecule has 0 aliphatic carbocycles. The van der Waals surface area contributed by atoms with Gasteiger partial charge in [0.1, 0.15) is 0 Å². The number of hydrogen-bond acceptors (Lipinski definition) is 3. The molecule has 0 aromatic heterocycles. The topological polar surface area (TPSA) is 15.3 Å². The zero-order valence-corrected chi connectivity index (χ0v) is 13.8. The first-order valence-corrected chi connectivity index (χ1v) is 8.73. The molecule has 0 aromatic carbocycles. The third-order valence-corrected chi connectivity index (χ3v) is 5.65. The van der Waals surface area contributed by atoms with Crippen molar-refractivity contribution in [2.75, 3.05) is 31.1 Å². The molecule has 1 rings (SSSR count). The first kappa shape index (κ1) is 16.3. The molecule has 3 heteroatoms. The monoisotopic (exact) mass is 272 g/mol. The molecule has 0 radical (unpaired) electrons. The molecule has 0 spiro atoms. The van der Waals surface area contributed by atoms with E-state index in [1.165, 1.54) is 43.9 Å². The van der Waals surface area contributed by atoms with E-state index < -0.39 is 0 Å². The van der Waals surface area contributed by atoms with Gasteiger partial charge in [0.25, 0.3) is 0 Å². The van der Waals surface area contributed by atoms with Crippen molar-refractivity contribution in [3.8, 4) is 0 Å². The van der Waals surface area contributed by atoms with E-state index in [1.54, 1.807) is 0 Å². The first-order valence-electron chi connectivity index (χ1n) is 7.57. The van der Waals surface area contributed by atoms with E-state index in [0.717, 1.165) is 6.54 Å². The highest BCUT2D eigenvalue weighted by atomic mass is 32.2. The molecule has 2 unspecified atom stereocenters. The average Bonchev–Trinajstić information content (AvgIpc) is 2.39. The van der Waals surface area contributed by atoms with Crippen molar-refractivity contribution in [2.45, 2.75) is 65.0 Å². The van der Waals surface area contributed by atoms with Crippen LogP contribution in [0.2, 0.25) is 0 Å². The molecule has 2 atom stereocenters. The second-order valence-corrected chi connectivity index (χ2v) is 7.48. The van der Waals surface area contributed by atoms with Gasteiger partial charge in [-0.3, -0.25) is 4.90 Å². The van der Waals surface area contributed by atoms with E-state index in [1.807, 2.05) is 0 Å². The summed E-state index contributed by atoms with van der Waals surface area (Å²) >= 11 is 2.07. The predicted molar refractivity (Wildman–Crippen MR) is 84.6 cm³/mol. The van der Waals surface area contributed by atoms with E-state index in [0.29, 0.717) is 11.1 Å². The molecule has 108 valence electrons. The molecule has 0 saturated carbocycles. The van der Waals surface area contributed by atoms with Gasteiger partial charge in [-0.05, 0) is 51.2 Å².